The molecule has 178 valence electrons. The van der Waals surface area contributed by atoms with Gasteiger partial charge >= 0.3 is 0 Å². The molecule has 35 heavy (non-hydrogen) atoms. The lowest BCUT2D eigenvalue weighted by Gasteiger charge is -2.22. The topological polar surface area (TPSA) is 103 Å². The second kappa shape index (κ2) is 10.2. The van der Waals surface area contributed by atoms with Gasteiger partial charge in [0.25, 0.3) is 0 Å². The molecule has 0 amide bonds. The minimum atomic E-state index is -0.511. The van der Waals surface area contributed by atoms with Gasteiger partial charge in [-0.15, -0.1) is 5.10 Å². The lowest BCUT2D eigenvalue weighted by atomic mass is 10.1. The number of benzene rings is 2. The SMILES string of the molecule is N#Cc1cnc2c(Br)cc(NCc3cn(C4CCNCC4)nn3)cc2c1Nc1ccc(F)c(Cl)c1. The van der Waals surface area contributed by atoms with E-state index < -0.39 is 5.82 Å². The van der Waals surface area contributed by atoms with Crippen LogP contribution < -0.4 is 16.0 Å². The van der Waals surface area contributed by atoms with Crippen LogP contribution in [0.3, 0.4) is 0 Å². The third-order valence-electron chi connectivity index (χ3n) is 5.95. The van der Waals surface area contributed by atoms with E-state index in [1.54, 1.807) is 6.07 Å². The highest BCUT2D eigenvalue weighted by Gasteiger charge is 2.17. The summed E-state index contributed by atoms with van der Waals surface area (Å²) in [6.07, 6.45) is 5.57. The van der Waals surface area contributed by atoms with Crippen LogP contribution in [-0.4, -0.2) is 33.1 Å². The molecule has 4 aromatic rings. The molecule has 0 bridgehead atoms. The van der Waals surface area contributed by atoms with Crippen molar-refractivity contribution in [2.75, 3.05) is 23.7 Å². The molecule has 3 N–H and O–H groups in total. The quantitative estimate of drug-likeness (QED) is 0.287. The van der Waals surface area contributed by atoms with Gasteiger partial charge in [-0.25, -0.2) is 9.07 Å². The summed E-state index contributed by atoms with van der Waals surface area (Å²) in [5, 5.41) is 29.0. The van der Waals surface area contributed by atoms with E-state index in [1.807, 2.05) is 23.0 Å². The van der Waals surface area contributed by atoms with Gasteiger partial charge in [-0.1, -0.05) is 16.8 Å². The Hall–Kier alpha value is -3.26. The second-order valence-electron chi connectivity index (χ2n) is 8.29. The van der Waals surface area contributed by atoms with Crippen molar-refractivity contribution < 1.29 is 4.39 Å². The Morgan fingerprint density at radius 1 is 1.23 bits per heavy atom. The minimum absolute atomic E-state index is 0.00654. The van der Waals surface area contributed by atoms with Gasteiger partial charge in [0.15, 0.2) is 0 Å². The number of rotatable bonds is 6. The fourth-order valence-corrected chi connectivity index (χ4v) is 4.88. The highest BCUT2D eigenvalue weighted by atomic mass is 79.9. The molecule has 11 heteroatoms. The number of piperidine rings is 1. The van der Waals surface area contributed by atoms with Crippen molar-refractivity contribution in [2.24, 2.45) is 0 Å². The van der Waals surface area contributed by atoms with Crippen LogP contribution in [0.1, 0.15) is 30.1 Å². The van der Waals surface area contributed by atoms with E-state index in [-0.39, 0.29) is 5.02 Å². The summed E-state index contributed by atoms with van der Waals surface area (Å²) in [7, 11) is 0. The summed E-state index contributed by atoms with van der Waals surface area (Å²) in [4.78, 5) is 4.45. The molecule has 2 aromatic heterocycles. The molecule has 0 saturated carbocycles. The average Bonchev–Trinajstić information content (AvgIpc) is 3.35. The van der Waals surface area contributed by atoms with Crippen molar-refractivity contribution in [3.63, 3.8) is 0 Å². The Morgan fingerprint density at radius 3 is 2.83 bits per heavy atom. The number of anilines is 3. The van der Waals surface area contributed by atoms with Gasteiger partial charge < -0.3 is 16.0 Å². The van der Waals surface area contributed by atoms with E-state index >= 15 is 0 Å². The minimum Gasteiger partial charge on any atom is -0.379 e. The van der Waals surface area contributed by atoms with E-state index in [1.165, 1.54) is 18.3 Å². The molecule has 1 aliphatic heterocycles. The van der Waals surface area contributed by atoms with Gasteiger partial charge in [-0.3, -0.25) is 4.98 Å². The van der Waals surface area contributed by atoms with Crippen molar-refractivity contribution in [3.05, 3.63) is 69.3 Å². The van der Waals surface area contributed by atoms with Gasteiger partial charge in [0.2, 0.25) is 0 Å². The number of hydrogen-bond acceptors (Lipinski definition) is 7. The first-order valence-corrected chi connectivity index (χ1v) is 12.3. The van der Waals surface area contributed by atoms with E-state index in [9.17, 15) is 9.65 Å². The first-order valence-electron chi connectivity index (χ1n) is 11.1. The van der Waals surface area contributed by atoms with Crippen LogP contribution in [-0.2, 0) is 6.54 Å². The smallest absolute Gasteiger partial charge is 0.141 e. The van der Waals surface area contributed by atoms with Gasteiger partial charge in [0.1, 0.15) is 17.6 Å². The maximum atomic E-state index is 13.6. The Bertz CT molecular complexity index is 1430. The average molecular weight is 556 g/mol. The third-order valence-corrected chi connectivity index (χ3v) is 6.84. The Labute approximate surface area is 214 Å². The zero-order valence-corrected chi connectivity index (χ0v) is 20.9. The molecule has 8 nitrogen and oxygen atoms in total. The number of halogens is 3. The molecule has 2 aromatic carbocycles. The van der Waals surface area contributed by atoms with Crippen LogP contribution in [0.15, 0.2) is 47.2 Å². The number of fused-ring (bicyclic) bond motifs is 1. The maximum absolute atomic E-state index is 13.6. The number of nitrogens with zero attached hydrogens (tertiary/aromatic N) is 5. The molecule has 0 radical (unpaired) electrons. The second-order valence-corrected chi connectivity index (χ2v) is 9.55. The van der Waals surface area contributed by atoms with E-state index in [0.29, 0.717) is 35.0 Å². The molecule has 0 atom stereocenters. The maximum Gasteiger partial charge on any atom is 0.141 e. The first-order chi connectivity index (χ1) is 17.0. The molecule has 0 unspecified atom stereocenters. The van der Waals surface area contributed by atoms with Crippen LogP contribution in [0, 0.1) is 17.1 Å². The Balaban J connectivity index is 1.42. The molecule has 3 heterocycles. The Kier molecular flexibility index (Phi) is 6.81. The fraction of sp³-hybridized carbons (Fsp3) is 0.250. The van der Waals surface area contributed by atoms with E-state index in [0.717, 1.165) is 47.2 Å². The highest BCUT2D eigenvalue weighted by Crippen LogP contribution is 2.35. The van der Waals surface area contributed by atoms with Crippen molar-refractivity contribution in [3.8, 4) is 6.07 Å². The number of hydrogen-bond donors (Lipinski definition) is 3. The van der Waals surface area contributed by atoms with Crippen molar-refractivity contribution in [1.82, 2.24) is 25.3 Å². The molecule has 1 saturated heterocycles. The summed E-state index contributed by atoms with van der Waals surface area (Å²) < 4.78 is 16.3. The lowest BCUT2D eigenvalue weighted by Crippen LogP contribution is -2.29. The van der Waals surface area contributed by atoms with Gasteiger partial charge in [0, 0.05) is 27.4 Å². The summed E-state index contributed by atoms with van der Waals surface area (Å²) in [5.74, 6) is -0.511. The molecule has 1 aliphatic rings. The first kappa shape index (κ1) is 23.5. The summed E-state index contributed by atoms with van der Waals surface area (Å²) in [5.41, 5.74) is 3.81. The van der Waals surface area contributed by atoms with Crippen LogP contribution in [0.25, 0.3) is 10.9 Å². The molecule has 5 rings (SSSR count). The largest absolute Gasteiger partial charge is 0.379 e. The summed E-state index contributed by atoms with van der Waals surface area (Å²) in [6.45, 7) is 2.47. The predicted octanol–water partition coefficient (Wildman–Crippen LogP) is 5.53. The zero-order chi connectivity index (χ0) is 24.4. The molecule has 0 aliphatic carbocycles. The standard InChI is InChI=1S/C24H21BrClFN8/c25-20-8-16(30-12-17-13-35(34-33-17)18-3-5-29-6-4-18)7-19-23(14(10-28)11-31-24(19)20)32-15-1-2-22(27)21(26)9-15/h1-2,7-9,11,13,18,29-30H,3-6,12H2,(H,31,32). The number of nitrogens with one attached hydrogen (secondary N) is 3. The summed E-state index contributed by atoms with van der Waals surface area (Å²) in [6, 6.07) is 10.7. The molecule has 1 fully saturated rings. The van der Waals surface area contributed by atoms with Crippen LogP contribution >= 0.6 is 27.5 Å². The van der Waals surface area contributed by atoms with Crippen molar-refractivity contribution in [2.45, 2.75) is 25.4 Å². The summed E-state index contributed by atoms with van der Waals surface area (Å²) >= 11 is 9.54. The Morgan fingerprint density at radius 2 is 2.06 bits per heavy atom. The monoisotopic (exact) mass is 554 g/mol. The number of aromatic nitrogens is 4. The van der Waals surface area contributed by atoms with Crippen molar-refractivity contribution in [1.29, 1.82) is 5.26 Å². The van der Waals surface area contributed by atoms with Gasteiger partial charge in [-0.2, -0.15) is 5.26 Å². The van der Waals surface area contributed by atoms with Crippen LogP contribution in [0.5, 0.6) is 0 Å². The number of pyridine rings is 1. The predicted molar refractivity (Wildman–Crippen MR) is 137 cm³/mol. The fourth-order valence-electron chi connectivity index (χ4n) is 4.14. The van der Waals surface area contributed by atoms with Crippen LogP contribution in [0.4, 0.5) is 21.5 Å². The van der Waals surface area contributed by atoms with E-state index in [4.69, 9.17) is 11.6 Å². The van der Waals surface area contributed by atoms with E-state index in [2.05, 4.69) is 53.2 Å². The zero-order valence-electron chi connectivity index (χ0n) is 18.5. The lowest BCUT2D eigenvalue weighted by molar-refractivity contribution is 0.337. The van der Waals surface area contributed by atoms with Gasteiger partial charge in [-0.05, 0) is 72.2 Å². The normalized spacial score (nSPS) is 14.1. The third kappa shape index (κ3) is 5.07. The highest BCUT2D eigenvalue weighted by molar-refractivity contribution is 9.10. The number of nitriles is 1. The van der Waals surface area contributed by atoms with Crippen molar-refractivity contribution >= 4 is 55.5 Å². The van der Waals surface area contributed by atoms with Crippen LogP contribution in [0.2, 0.25) is 5.02 Å². The van der Waals surface area contributed by atoms with Gasteiger partial charge in [0.05, 0.1) is 40.6 Å². The molecular weight excluding hydrogens is 535 g/mol. The molecule has 0 spiro atoms. The molecular formula is C24H21BrClFN8.